The number of hydrogen-bond donors (Lipinski definition) is 2. The molecule has 2 unspecified atom stereocenters. The zero-order valence-electron chi connectivity index (χ0n) is 14.4. The van der Waals surface area contributed by atoms with Crippen molar-refractivity contribution in [3.8, 4) is 0 Å². The Morgan fingerprint density at radius 2 is 2.04 bits per heavy atom. The first-order valence-electron chi connectivity index (χ1n) is 7.70. The summed E-state index contributed by atoms with van der Waals surface area (Å²) in [6.07, 6.45) is 1.73. The van der Waals surface area contributed by atoms with E-state index in [1.807, 2.05) is 0 Å². The number of sulfonamides is 1. The van der Waals surface area contributed by atoms with Crippen LogP contribution in [-0.2, 0) is 21.9 Å². The van der Waals surface area contributed by atoms with Crippen LogP contribution in [0.3, 0.4) is 0 Å². The van der Waals surface area contributed by atoms with Gasteiger partial charge in [-0.2, -0.15) is 9.82 Å². The van der Waals surface area contributed by atoms with Gasteiger partial charge in [-0.15, -0.1) is 12.4 Å². The first-order valence-corrected chi connectivity index (χ1v) is 9.18. The number of carbonyl (C=O) groups is 1. The van der Waals surface area contributed by atoms with Crippen molar-refractivity contribution >= 4 is 28.3 Å². The van der Waals surface area contributed by atoms with Gasteiger partial charge in [-0.25, -0.2) is 8.42 Å². The van der Waals surface area contributed by atoms with E-state index >= 15 is 0 Å². The van der Waals surface area contributed by atoms with Gasteiger partial charge in [0.1, 0.15) is 4.90 Å². The highest BCUT2D eigenvalue weighted by Crippen LogP contribution is 2.19. The Kier molecular flexibility index (Phi) is 6.80. The van der Waals surface area contributed by atoms with Crippen molar-refractivity contribution in [2.75, 3.05) is 13.1 Å². The summed E-state index contributed by atoms with van der Waals surface area (Å²) in [5.74, 6) is -0.247. The lowest BCUT2D eigenvalue weighted by molar-refractivity contribution is -0.133. The van der Waals surface area contributed by atoms with Crippen LogP contribution in [0.15, 0.2) is 4.90 Å². The zero-order chi connectivity index (χ0) is 17.4. The summed E-state index contributed by atoms with van der Waals surface area (Å²) in [6.45, 7) is 5.96. The van der Waals surface area contributed by atoms with E-state index in [2.05, 4.69) is 9.82 Å². The molecule has 138 valence electrons. The van der Waals surface area contributed by atoms with E-state index in [0.717, 1.165) is 12.8 Å². The molecule has 0 aromatic carbocycles. The van der Waals surface area contributed by atoms with Crippen molar-refractivity contribution in [1.82, 2.24) is 19.4 Å². The maximum atomic E-state index is 12.6. The minimum Gasteiger partial charge on any atom is -0.340 e. The third-order valence-electron chi connectivity index (χ3n) is 4.18. The summed E-state index contributed by atoms with van der Waals surface area (Å²) in [6, 6.07) is -0.886. The predicted octanol–water partition coefficient (Wildman–Crippen LogP) is 0.0752. The van der Waals surface area contributed by atoms with Crippen molar-refractivity contribution in [1.29, 1.82) is 0 Å². The Bertz CT molecular complexity index is 704. The topological polar surface area (TPSA) is 110 Å². The van der Waals surface area contributed by atoms with Crippen molar-refractivity contribution in [2.45, 2.75) is 50.6 Å². The number of piperidine rings is 1. The lowest BCUT2D eigenvalue weighted by Crippen LogP contribution is -2.52. The number of nitrogens with one attached hydrogen (secondary N) is 1. The fourth-order valence-electron chi connectivity index (χ4n) is 2.97. The summed E-state index contributed by atoms with van der Waals surface area (Å²) in [4.78, 5) is 14.2. The molecule has 2 atom stereocenters. The molecule has 0 bridgehead atoms. The summed E-state index contributed by atoms with van der Waals surface area (Å²) in [7, 11) is -2.12. The van der Waals surface area contributed by atoms with Crippen LogP contribution in [0.5, 0.6) is 0 Å². The van der Waals surface area contributed by atoms with Crippen molar-refractivity contribution in [3.63, 3.8) is 0 Å². The van der Waals surface area contributed by atoms with E-state index < -0.39 is 16.1 Å². The number of nitrogens with two attached hydrogens (primary N) is 1. The number of likely N-dealkylation sites (tertiary alicyclic amines) is 1. The molecule has 1 amide bonds. The van der Waals surface area contributed by atoms with E-state index in [0.29, 0.717) is 24.5 Å². The number of aryl methyl sites for hydroxylation is 2. The SMILES string of the molecule is Cc1nn(C)c(C)c1S(=O)(=O)NC(C)C(=O)N1CCCC(N)C1.Cl. The minimum atomic E-state index is -3.81. The monoisotopic (exact) mass is 379 g/mol. The number of hydrogen-bond acceptors (Lipinski definition) is 5. The van der Waals surface area contributed by atoms with Crippen LogP contribution in [0, 0.1) is 13.8 Å². The number of amides is 1. The Labute approximate surface area is 149 Å². The standard InChI is InChI=1S/C14H25N5O3S.ClH/c1-9-13(11(3)18(4)16-9)23(21,22)17-10(2)14(20)19-7-5-6-12(15)8-19;/h10,12,17H,5-8,15H2,1-4H3;1H. The molecule has 1 saturated heterocycles. The fraction of sp³-hybridized carbons (Fsp3) is 0.714. The molecule has 0 saturated carbocycles. The number of carbonyl (C=O) groups excluding carboxylic acids is 1. The average Bonchev–Trinajstić information content (AvgIpc) is 2.71. The van der Waals surface area contributed by atoms with Gasteiger partial charge in [0.25, 0.3) is 0 Å². The molecule has 24 heavy (non-hydrogen) atoms. The Balaban J connectivity index is 0.00000288. The summed E-state index contributed by atoms with van der Waals surface area (Å²) in [5, 5.41) is 4.11. The number of halogens is 1. The molecule has 1 fully saturated rings. The molecule has 1 aromatic rings. The highest BCUT2D eigenvalue weighted by Gasteiger charge is 2.31. The van der Waals surface area contributed by atoms with Gasteiger partial charge in [0.05, 0.1) is 17.4 Å². The van der Waals surface area contributed by atoms with Crippen LogP contribution in [0.2, 0.25) is 0 Å². The second-order valence-corrected chi connectivity index (χ2v) is 7.80. The van der Waals surface area contributed by atoms with Gasteiger partial charge in [-0.1, -0.05) is 0 Å². The van der Waals surface area contributed by atoms with Gasteiger partial charge >= 0.3 is 0 Å². The molecule has 8 nitrogen and oxygen atoms in total. The van der Waals surface area contributed by atoms with E-state index in [1.165, 1.54) is 4.68 Å². The third kappa shape index (κ3) is 4.27. The maximum Gasteiger partial charge on any atom is 0.244 e. The lowest BCUT2D eigenvalue weighted by atomic mass is 10.1. The highest BCUT2D eigenvalue weighted by atomic mass is 35.5. The van der Waals surface area contributed by atoms with E-state index in [-0.39, 0.29) is 29.3 Å². The van der Waals surface area contributed by atoms with Gasteiger partial charge in [-0.05, 0) is 33.6 Å². The quantitative estimate of drug-likeness (QED) is 0.769. The predicted molar refractivity (Wildman–Crippen MR) is 93.5 cm³/mol. The van der Waals surface area contributed by atoms with Crippen molar-refractivity contribution in [3.05, 3.63) is 11.4 Å². The van der Waals surface area contributed by atoms with Crippen LogP contribution >= 0.6 is 12.4 Å². The molecule has 1 aliphatic rings. The fourth-order valence-corrected chi connectivity index (χ4v) is 4.60. The number of nitrogens with zero attached hydrogens (tertiary/aromatic N) is 3. The molecule has 2 rings (SSSR count). The second kappa shape index (κ2) is 7.81. The summed E-state index contributed by atoms with van der Waals surface area (Å²) >= 11 is 0. The molecule has 0 radical (unpaired) electrons. The minimum absolute atomic E-state index is 0. The van der Waals surface area contributed by atoms with Gasteiger partial charge in [-0.3, -0.25) is 9.48 Å². The molecule has 3 N–H and O–H groups in total. The largest absolute Gasteiger partial charge is 0.340 e. The van der Waals surface area contributed by atoms with E-state index in [1.54, 1.807) is 32.7 Å². The van der Waals surface area contributed by atoms with Crippen molar-refractivity contribution < 1.29 is 13.2 Å². The molecule has 1 aliphatic heterocycles. The Morgan fingerprint density at radius 1 is 1.42 bits per heavy atom. The van der Waals surface area contributed by atoms with Crippen LogP contribution < -0.4 is 10.5 Å². The molecule has 1 aromatic heterocycles. The highest BCUT2D eigenvalue weighted by molar-refractivity contribution is 7.89. The first-order chi connectivity index (χ1) is 10.6. The van der Waals surface area contributed by atoms with E-state index in [9.17, 15) is 13.2 Å². The average molecular weight is 380 g/mol. The van der Waals surface area contributed by atoms with Gasteiger partial charge < -0.3 is 10.6 Å². The van der Waals surface area contributed by atoms with Crippen LogP contribution in [-0.4, -0.2) is 54.2 Å². The summed E-state index contributed by atoms with van der Waals surface area (Å²) < 4.78 is 29.2. The number of aromatic nitrogens is 2. The van der Waals surface area contributed by atoms with Crippen molar-refractivity contribution in [2.24, 2.45) is 12.8 Å². The van der Waals surface area contributed by atoms with Gasteiger partial charge in [0.15, 0.2) is 0 Å². The third-order valence-corrected chi connectivity index (χ3v) is 5.98. The van der Waals surface area contributed by atoms with E-state index in [4.69, 9.17) is 5.73 Å². The van der Waals surface area contributed by atoms with Gasteiger partial charge in [0.2, 0.25) is 15.9 Å². The molecular formula is C14H26ClN5O3S. The second-order valence-electron chi connectivity index (χ2n) is 6.15. The maximum absolute atomic E-state index is 12.6. The smallest absolute Gasteiger partial charge is 0.244 e. The normalized spacial score (nSPS) is 19.7. The molecule has 2 heterocycles. The molecule has 0 aliphatic carbocycles. The zero-order valence-corrected chi connectivity index (χ0v) is 16.1. The first kappa shape index (κ1) is 20.9. The lowest BCUT2D eigenvalue weighted by Gasteiger charge is -2.32. The Hall–Kier alpha value is -1.16. The summed E-state index contributed by atoms with van der Waals surface area (Å²) in [5.41, 5.74) is 6.83. The Morgan fingerprint density at radius 3 is 2.54 bits per heavy atom. The molecule has 0 spiro atoms. The molecular weight excluding hydrogens is 354 g/mol. The van der Waals surface area contributed by atoms with Gasteiger partial charge in [0, 0.05) is 26.2 Å². The van der Waals surface area contributed by atoms with Crippen LogP contribution in [0.1, 0.15) is 31.2 Å². The number of rotatable bonds is 4. The van der Waals surface area contributed by atoms with Crippen LogP contribution in [0.4, 0.5) is 0 Å². The molecule has 10 heteroatoms. The van der Waals surface area contributed by atoms with Crippen LogP contribution in [0.25, 0.3) is 0 Å².